The van der Waals surface area contributed by atoms with Gasteiger partial charge in [-0.15, -0.1) is 0 Å². The number of carboxylic acids is 1. The third-order valence-corrected chi connectivity index (χ3v) is 4.79. The standard InChI is InChI=1S/C18H14BrCl2NO5/c1-27-18(26)14(6-9-2-4-11(19)5-3-9)22-16(23)15-12(20)7-10(17(24)25)8-13(15)21/h2-5,7-8,14H,6H2,1H3,(H,22,23)(H,24,25)/t14-/m0/s1. The minimum atomic E-state index is -1.23. The summed E-state index contributed by atoms with van der Waals surface area (Å²) in [6.45, 7) is 0. The molecule has 27 heavy (non-hydrogen) atoms. The molecule has 142 valence electrons. The van der Waals surface area contributed by atoms with E-state index in [1.54, 1.807) is 12.1 Å². The minimum Gasteiger partial charge on any atom is -0.478 e. The first kappa shape index (κ1) is 21.2. The van der Waals surface area contributed by atoms with Gasteiger partial charge in [0.2, 0.25) is 0 Å². The first-order valence-corrected chi connectivity index (χ1v) is 9.13. The summed E-state index contributed by atoms with van der Waals surface area (Å²) in [5, 5.41) is 11.3. The number of ether oxygens (including phenoxy) is 1. The van der Waals surface area contributed by atoms with Gasteiger partial charge in [-0.25, -0.2) is 9.59 Å². The highest BCUT2D eigenvalue weighted by atomic mass is 79.9. The van der Waals surface area contributed by atoms with Gasteiger partial charge in [-0.2, -0.15) is 0 Å². The number of nitrogens with one attached hydrogen (secondary N) is 1. The van der Waals surface area contributed by atoms with Crippen LogP contribution in [-0.2, 0) is 16.0 Å². The molecule has 1 atom stereocenters. The van der Waals surface area contributed by atoms with E-state index in [1.165, 1.54) is 7.11 Å². The fraction of sp³-hybridized carbons (Fsp3) is 0.167. The average Bonchev–Trinajstić information content (AvgIpc) is 2.61. The molecule has 0 heterocycles. The van der Waals surface area contributed by atoms with Crippen LogP contribution in [-0.4, -0.2) is 36.1 Å². The monoisotopic (exact) mass is 473 g/mol. The summed E-state index contributed by atoms with van der Waals surface area (Å²) < 4.78 is 5.63. The number of methoxy groups -OCH3 is 1. The third kappa shape index (κ3) is 5.45. The van der Waals surface area contributed by atoms with Crippen molar-refractivity contribution in [3.63, 3.8) is 0 Å². The number of hydrogen-bond acceptors (Lipinski definition) is 4. The van der Waals surface area contributed by atoms with Gasteiger partial charge in [0.25, 0.3) is 5.91 Å². The van der Waals surface area contributed by atoms with E-state index in [0.29, 0.717) is 0 Å². The molecule has 0 bridgehead atoms. The van der Waals surface area contributed by atoms with Gasteiger partial charge in [0.05, 0.1) is 28.3 Å². The van der Waals surface area contributed by atoms with Crippen molar-refractivity contribution in [3.05, 3.63) is 67.6 Å². The molecule has 0 radical (unpaired) electrons. The van der Waals surface area contributed by atoms with Gasteiger partial charge in [-0.05, 0) is 29.8 Å². The predicted molar refractivity (Wildman–Crippen MR) is 105 cm³/mol. The molecule has 9 heteroatoms. The maximum atomic E-state index is 12.6. The van der Waals surface area contributed by atoms with Crippen molar-refractivity contribution < 1.29 is 24.2 Å². The Morgan fingerprint density at radius 3 is 2.19 bits per heavy atom. The van der Waals surface area contributed by atoms with Gasteiger partial charge in [0, 0.05) is 10.9 Å². The van der Waals surface area contributed by atoms with Gasteiger partial charge in [-0.1, -0.05) is 51.3 Å². The highest BCUT2D eigenvalue weighted by molar-refractivity contribution is 9.10. The van der Waals surface area contributed by atoms with E-state index >= 15 is 0 Å². The number of rotatable bonds is 6. The number of amides is 1. The van der Waals surface area contributed by atoms with E-state index < -0.39 is 23.9 Å². The number of carboxylic acid groups (broad SMARTS) is 1. The molecule has 0 aromatic heterocycles. The lowest BCUT2D eigenvalue weighted by Crippen LogP contribution is -2.43. The van der Waals surface area contributed by atoms with Gasteiger partial charge >= 0.3 is 11.9 Å². The SMILES string of the molecule is COC(=O)[C@H](Cc1ccc(Br)cc1)NC(=O)c1c(Cl)cc(C(=O)O)cc1Cl. The van der Waals surface area contributed by atoms with Crippen molar-refractivity contribution in [1.82, 2.24) is 5.32 Å². The van der Waals surface area contributed by atoms with Crippen LogP contribution in [0.3, 0.4) is 0 Å². The van der Waals surface area contributed by atoms with Crippen molar-refractivity contribution in [3.8, 4) is 0 Å². The molecule has 0 aliphatic heterocycles. The molecule has 0 fully saturated rings. The summed E-state index contributed by atoms with van der Waals surface area (Å²) in [6, 6.07) is 8.48. The second-order valence-corrected chi connectivity index (χ2v) is 7.23. The van der Waals surface area contributed by atoms with Crippen LogP contribution < -0.4 is 5.32 Å². The summed E-state index contributed by atoms with van der Waals surface area (Å²) >= 11 is 15.4. The Balaban J connectivity index is 2.27. The molecule has 1 amide bonds. The van der Waals surface area contributed by atoms with Crippen molar-refractivity contribution in [1.29, 1.82) is 0 Å². The third-order valence-electron chi connectivity index (χ3n) is 3.66. The number of halogens is 3. The van der Waals surface area contributed by atoms with E-state index in [2.05, 4.69) is 21.2 Å². The topological polar surface area (TPSA) is 92.7 Å². The largest absolute Gasteiger partial charge is 0.478 e. The molecule has 6 nitrogen and oxygen atoms in total. The second-order valence-electron chi connectivity index (χ2n) is 5.50. The fourth-order valence-electron chi connectivity index (χ4n) is 2.34. The molecule has 2 aromatic rings. The molecule has 2 rings (SSSR count). The van der Waals surface area contributed by atoms with Gasteiger partial charge < -0.3 is 15.2 Å². The maximum Gasteiger partial charge on any atom is 0.335 e. The molecule has 2 aromatic carbocycles. The van der Waals surface area contributed by atoms with Crippen LogP contribution in [0.2, 0.25) is 10.0 Å². The number of aromatic carboxylic acids is 1. The minimum absolute atomic E-state index is 0.118. The fourth-order valence-corrected chi connectivity index (χ4v) is 3.26. The predicted octanol–water partition coefficient (Wildman–Crippen LogP) is 3.97. The first-order valence-electron chi connectivity index (χ1n) is 7.58. The van der Waals surface area contributed by atoms with Crippen LogP contribution in [0.1, 0.15) is 26.3 Å². The maximum absolute atomic E-state index is 12.6. The lowest BCUT2D eigenvalue weighted by atomic mass is 10.0. The molecule has 0 unspecified atom stereocenters. The molecule has 2 N–H and O–H groups in total. The molecular weight excluding hydrogens is 461 g/mol. The zero-order valence-electron chi connectivity index (χ0n) is 14.0. The number of esters is 1. The molecular formula is C18H14BrCl2NO5. The lowest BCUT2D eigenvalue weighted by Gasteiger charge is -2.18. The Bertz CT molecular complexity index is 863. The average molecular weight is 475 g/mol. The summed E-state index contributed by atoms with van der Waals surface area (Å²) in [6.07, 6.45) is 0.189. The highest BCUT2D eigenvalue weighted by Gasteiger charge is 2.25. The van der Waals surface area contributed by atoms with Crippen molar-refractivity contribution in [2.24, 2.45) is 0 Å². The van der Waals surface area contributed by atoms with Gasteiger partial charge in [0.1, 0.15) is 6.04 Å². The van der Waals surface area contributed by atoms with E-state index in [-0.39, 0.29) is 27.6 Å². The molecule has 0 saturated carbocycles. The Kier molecular flexibility index (Phi) is 7.24. The molecule has 0 saturated heterocycles. The Labute approximate surface area is 173 Å². The van der Waals surface area contributed by atoms with Crippen LogP contribution in [0.5, 0.6) is 0 Å². The van der Waals surface area contributed by atoms with E-state index in [0.717, 1.165) is 22.2 Å². The zero-order chi connectivity index (χ0) is 20.1. The second kappa shape index (κ2) is 9.21. The molecule has 0 spiro atoms. The normalized spacial score (nSPS) is 11.6. The smallest absolute Gasteiger partial charge is 0.335 e. The summed E-state index contributed by atoms with van der Waals surface area (Å²) in [7, 11) is 1.21. The number of carbonyl (C=O) groups excluding carboxylic acids is 2. The van der Waals surface area contributed by atoms with E-state index in [4.69, 9.17) is 33.0 Å². The molecule has 0 aliphatic rings. The van der Waals surface area contributed by atoms with Crippen LogP contribution in [0.4, 0.5) is 0 Å². The number of hydrogen-bond donors (Lipinski definition) is 2. The summed E-state index contributed by atoms with van der Waals surface area (Å²) in [5.74, 6) is -2.58. The van der Waals surface area contributed by atoms with Crippen molar-refractivity contribution in [2.75, 3.05) is 7.11 Å². The first-order chi connectivity index (χ1) is 12.7. The highest BCUT2D eigenvalue weighted by Crippen LogP contribution is 2.27. The van der Waals surface area contributed by atoms with Crippen LogP contribution in [0, 0.1) is 0 Å². The molecule has 0 aliphatic carbocycles. The van der Waals surface area contributed by atoms with Gasteiger partial charge in [0.15, 0.2) is 0 Å². The zero-order valence-corrected chi connectivity index (χ0v) is 17.1. The Morgan fingerprint density at radius 1 is 1.15 bits per heavy atom. The van der Waals surface area contributed by atoms with Crippen LogP contribution >= 0.6 is 39.1 Å². The van der Waals surface area contributed by atoms with Gasteiger partial charge in [-0.3, -0.25) is 4.79 Å². The Hall–Kier alpha value is -2.09. The Morgan fingerprint density at radius 2 is 1.70 bits per heavy atom. The van der Waals surface area contributed by atoms with Crippen LogP contribution in [0.25, 0.3) is 0 Å². The van der Waals surface area contributed by atoms with Crippen molar-refractivity contribution in [2.45, 2.75) is 12.5 Å². The van der Waals surface area contributed by atoms with E-state index in [9.17, 15) is 14.4 Å². The summed E-state index contributed by atoms with van der Waals surface area (Å²) in [5.41, 5.74) is 0.529. The number of carbonyl (C=O) groups is 3. The lowest BCUT2D eigenvalue weighted by molar-refractivity contribution is -0.142. The summed E-state index contributed by atoms with van der Waals surface area (Å²) in [4.78, 5) is 35.7. The van der Waals surface area contributed by atoms with E-state index in [1.807, 2.05) is 12.1 Å². The van der Waals surface area contributed by atoms with Crippen LogP contribution in [0.15, 0.2) is 40.9 Å². The van der Waals surface area contributed by atoms with Crippen molar-refractivity contribution >= 4 is 57.0 Å². The number of benzene rings is 2. The quantitative estimate of drug-likeness (QED) is 0.618.